The number of carboxylic acid groups (broad SMARTS) is 1. The Morgan fingerprint density at radius 1 is 1.37 bits per heavy atom. The smallest absolute Gasteiger partial charge is 0.307 e. The van der Waals surface area contributed by atoms with Gasteiger partial charge in [0.2, 0.25) is 5.91 Å². The van der Waals surface area contributed by atoms with E-state index in [9.17, 15) is 9.59 Å². The molecule has 27 heavy (non-hydrogen) atoms. The molecule has 1 fully saturated rings. The maximum atomic E-state index is 12.3. The number of likely N-dealkylation sites (tertiary alicyclic amines) is 1. The van der Waals surface area contributed by atoms with Crippen molar-refractivity contribution in [3.05, 3.63) is 23.8 Å². The lowest BCUT2D eigenvalue weighted by Gasteiger charge is -2.30. The molecule has 1 aromatic rings. The van der Waals surface area contributed by atoms with Crippen LogP contribution in [0.3, 0.4) is 0 Å². The first-order valence-corrected chi connectivity index (χ1v) is 8.99. The highest BCUT2D eigenvalue weighted by Crippen LogP contribution is 2.30. The molecule has 0 saturated carbocycles. The van der Waals surface area contributed by atoms with Crippen molar-refractivity contribution in [2.45, 2.75) is 32.7 Å². The van der Waals surface area contributed by atoms with Crippen molar-refractivity contribution < 1.29 is 24.2 Å². The van der Waals surface area contributed by atoms with Crippen molar-refractivity contribution in [2.24, 2.45) is 5.92 Å². The Morgan fingerprint density at radius 2 is 2.11 bits per heavy atom. The van der Waals surface area contributed by atoms with E-state index in [0.29, 0.717) is 31.1 Å². The van der Waals surface area contributed by atoms with E-state index in [2.05, 4.69) is 5.32 Å². The Labute approximate surface area is 166 Å². The van der Waals surface area contributed by atoms with Crippen LogP contribution >= 0.6 is 12.4 Å². The summed E-state index contributed by atoms with van der Waals surface area (Å²) in [6.07, 6.45) is 1.48. The second-order valence-electron chi connectivity index (χ2n) is 6.55. The lowest BCUT2D eigenvalue weighted by Crippen LogP contribution is -2.44. The van der Waals surface area contributed by atoms with Crippen molar-refractivity contribution in [3.63, 3.8) is 0 Å². The van der Waals surface area contributed by atoms with E-state index < -0.39 is 5.97 Å². The molecule has 8 heteroatoms. The minimum absolute atomic E-state index is 0. The Kier molecular flexibility index (Phi) is 9.38. The fourth-order valence-electron chi connectivity index (χ4n) is 3.20. The van der Waals surface area contributed by atoms with E-state index >= 15 is 0 Å². The Bertz CT molecular complexity index is 641. The van der Waals surface area contributed by atoms with Crippen molar-refractivity contribution in [1.82, 2.24) is 10.2 Å². The normalized spacial score (nSPS) is 18.1. The van der Waals surface area contributed by atoms with Gasteiger partial charge in [0.1, 0.15) is 0 Å². The number of amides is 1. The van der Waals surface area contributed by atoms with Crippen molar-refractivity contribution in [2.75, 3.05) is 33.4 Å². The number of nitrogens with one attached hydrogen (secondary N) is 1. The molecule has 0 aliphatic carbocycles. The third kappa shape index (κ3) is 6.59. The Hall–Kier alpha value is -1.99. The van der Waals surface area contributed by atoms with Crippen LogP contribution in [0.15, 0.2) is 18.2 Å². The van der Waals surface area contributed by atoms with Crippen LogP contribution in [0.25, 0.3) is 0 Å². The van der Waals surface area contributed by atoms with Gasteiger partial charge in [-0.2, -0.15) is 0 Å². The van der Waals surface area contributed by atoms with Crippen LogP contribution in [0.1, 0.15) is 38.3 Å². The monoisotopic (exact) mass is 400 g/mol. The van der Waals surface area contributed by atoms with Crippen LogP contribution in [0, 0.1) is 5.92 Å². The SMILES string of the molecule is CCOc1ccc(C(C)NC(=O)CN2CCCC(C(=O)O)C2)cc1OC.Cl. The summed E-state index contributed by atoms with van der Waals surface area (Å²) in [7, 11) is 1.58. The van der Waals surface area contributed by atoms with Crippen LogP contribution in [-0.4, -0.2) is 55.2 Å². The molecule has 0 spiro atoms. The summed E-state index contributed by atoms with van der Waals surface area (Å²) in [6, 6.07) is 5.41. The number of carbonyl (C=O) groups is 2. The van der Waals surface area contributed by atoms with Gasteiger partial charge in [0, 0.05) is 6.54 Å². The van der Waals surface area contributed by atoms with Gasteiger partial charge in [0.25, 0.3) is 0 Å². The van der Waals surface area contributed by atoms with Crippen LogP contribution in [-0.2, 0) is 9.59 Å². The van der Waals surface area contributed by atoms with Crippen molar-refractivity contribution >= 4 is 24.3 Å². The first kappa shape index (κ1) is 23.0. The average Bonchev–Trinajstić information content (AvgIpc) is 2.62. The molecule has 7 nitrogen and oxygen atoms in total. The molecule has 1 aliphatic heterocycles. The first-order valence-electron chi connectivity index (χ1n) is 8.99. The van der Waals surface area contributed by atoms with Gasteiger partial charge in [-0.3, -0.25) is 14.5 Å². The molecule has 2 atom stereocenters. The summed E-state index contributed by atoms with van der Waals surface area (Å²) in [5.41, 5.74) is 0.917. The molecular formula is C19H29ClN2O5. The van der Waals surface area contributed by atoms with Gasteiger partial charge in [-0.25, -0.2) is 0 Å². The lowest BCUT2D eigenvalue weighted by atomic mass is 9.98. The highest BCUT2D eigenvalue weighted by molar-refractivity contribution is 5.85. The number of benzene rings is 1. The molecule has 1 aliphatic rings. The van der Waals surface area contributed by atoms with E-state index in [1.807, 2.05) is 36.9 Å². The Balaban J connectivity index is 0.00000364. The number of hydrogen-bond acceptors (Lipinski definition) is 5. The molecule has 0 radical (unpaired) electrons. The molecule has 1 heterocycles. The molecule has 1 saturated heterocycles. The summed E-state index contributed by atoms with van der Waals surface area (Å²) in [4.78, 5) is 25.4. The number of carbonyl (C=O) groups excluding carboxylic acids is 1. The number of piperidine rings is 1. The van der Waals surface area contributed by atoms with Crippen LogP contribution in [0.2, 0.25) is 0 Å². The number of rotatable bonds is 8. The summed E-state index contributed by atoms with van der Waals surface area (Å²) in [5, 5.41) is 12.1. The fourth-order valence-corrected chi connectivity index (χ4v) is 3.20. The van der Waals surface area contributed by atoms with E-state index in [-0.39, 0.29) is 36.8 Å². The maximum absolute atomic E-state index is 12.3. The predicted octanol–water partition coefficient (Wildman–Crippen LogP) is 2.49. The second-order valence-corrected chi connectivity index (χ2v) is 6.55. The zero-order chi connectivity index (χ0) is 19.1. The Morgan fingerprint density at radius 3 is 2.74 bits per heavy atom. The third-order valence-electron chi connectivity index (χ3n) is 4.59. The molecule has 2 N–H and O–H groups in total. The van der Waals surface area contributed by atoms with Gasteiger partial charge in [0.05, 0.1) is 32.2 Å². The molecule has 1 aromatic carbocycles. The lowest BCUT2D eigenvalue weighted by molar-refractivity contribution is -0.144. The predicted molar refractivity (Wildman–Crippen MR) is 105 cm³/mol. The van der Waals surface area contributed by atoms with E-state index in [0.717, 1.165) is 18.5 Å². The van der Waals surface area contributed by atoms with E-state index in [1.54, 1.807) is 7.11 Å². The van der Waals surface area contributed by atoms with Crippen LogP contribution < -0.4 is 14.8 Å². The van der Waals surface area contributed by atoms with Crippen molar-refractivity contribution in [1.29, 1.82) is 0 Å². The summed E-state index contributed by atoms with van der Waals surface area (Å²) in [5.74, 6) is 0.0155. The fraction of sp³-hybridized carbons (Fsp3) is 0.579. The second kappa shape index (κ2) is 11.0. The van der Waals surface area contributed by atoms with Crippen LogP contribution in [0.4, 0.5) is 0 Å². The number of halogens is 1. The standard InChI is InChI=1S/C19H28N2O5.ClH/c1-4-26-16-8-7-14(10-17(16)25-3)13(2)20-18(22)12-21-9-5-6-15(11-21)19(23)24;/h7-8,10,13,15H,4-6,9,11-12H2,1-3H3,(H,20,22)(H,23,24);1H. The summed E-state index contributed by atoms with van der Waals surface area (Å²) in [6.45, 7) is 5.75. The van der Waals surface area contributed by atoms with Gasteiger partial charge in [0.15, 0.2) is 11.5 Å². The number of methoxy groups -OCH3 is 1. The van der Waals surface area contributed by atoms with Crippen molar-refractivity contribution in [3.8, 4) is 11.5 Å². The molecular weight excluding hydrogens is 372 g/mol. The van der Waals surface area contributed by atoms with Gasteiger partial charge >= 0.3 is 5.97 Å². The molecule has 1 amide bonds. The van der Waals surface area contributed by atoms with Crippen LogP contribution in [0.5, 0.6) is 11.5 Å². The summed E-state index contributed by atoms with van der Waals surface area (Å²) >= 11 is 0. The quantitative estimate of drug-likeness (QED) is 0.697. The average molecular weight is 401 g/mol. The zero-order valence-electron chi connectivity index (χ0n) is 16.1. The number of carboxylic acids is 1. The largest absolute Gasteiger partial charge is 0.493 e. The number of hydrogen-bond donors (Lipinski definition) is 2. The first-order chi connectivity index (χ1) is 12.4. The van der Waals surface area contributed by atoms with Gasteiger partial charge in [-0.15, -0.1) is 12.4 Å². The van der Waals surface area contributed by atoms with E-state index in [4.69, 9.17) is 14.6 Å². The highest BCUT2D eigenvalue weighted by atomic mass is 35.5. The van der Waals surface area contributed by atoms with Gasteiger partial charge < -0.3 is 19.9 Å². The molecule has 2 rings (SSSR count). The topological polar surface area (TPSA) is 88.1 Å². The maximum Gasteiger partial charge on any atom is 0.307 e. The molecule has 0 aromatic heterocycles. The number of ether oxygens (including phenoxy) is 2. The number of nitrogens with zero attached hydrogens (tertiary/aromatic N) is 1. The third-order valence-corrected chi connectivity index (χ3v) is 4.59. The van der Waals surface area contributed by atoms with E-state index in [1.165, 1.54) is 0 Å². The minimum Gasteiger partial charge on any atom is -0.493 e. The zero-order valence-corrected chi connectivity index (χ0v) is 16.9. The molecule has 0 bridgehead atoms. The molecule has 2 unspecified atom stereocenters. The summed E-state index contributed by atoms with van der Waals surface area (Å²) < 4.78 is 10.9. The van der Waals surface area contributed by atoms with Gasteiger partial charge in [-0.1, -0.05) is 6.07 Å². The highest BCUT2D eigenvalue weighted by Gasteiger charge is 2.26. The minimum atomic E-state index is -0.787. The van der Waals surface area contributed by atoms with Gasteiger partial charge in [-0.05, 0) is 50.9 Å². The number of aliphatic carboxylic acids is 1. The molecule has 152 valence electrons.